The minimum atomic E-state index is 0.644. The van der Waals surface area contributed by atoms with Crippen LogP contribution >= 0.6 is 0 Å². The molecule has 15 heavy (non-hydrogen) atoms. The predicted octanol–water partition coefficient (Wildman–Crippen LogP) is 0.878. The van der Waals surface area contributed by atoms with Crippen molar-refractivity contribution in [2.24, 2.45) is 13.0 Å². The highest BCUT2D eigenvalue weighted by molar-refractivity contribution is 4.80. The average Bonchev–Trinajstić information content (AvgIpc) is 2.64. The van der Waals surface area contributed by atoms with E-state index in [-0.39, 0.29) is 0 Å². The first-order valence-electron chi connectivity index (χ1n) is 5.70. The molecule has 0 amide bonds. The third kappa shape index (κ3) is 2.99. The van der Waals surface area contributed by atoms with E-state index in [9.17, 15) is 0 Å². The van der Waals surface area contributed by atoms with Crippen LogP contribution < -0.4 is 5.32 Å². The van der Waals surface area contributed by atoms with Crippen molar-refractivity contribution >= 4 is 0 Å². The standard InChI is InChI=1S/C10H19N5/c1-8-3-5-9(6-4-8)11-7-10-12-14-15(2)13-10/h8-9,11H,3-7H2,1-2H3. The molecule has 1 aromatic rings. The number of hydrogen-bond donors (Lipinski definition) is 1. The summed E-state index contributed by atoms with van der Waals surface area (Å²) in [6.07, 6.45) is 5.24. The zero-order valence-electron chi connectivity index (χ0n) is 9.48. The Morgan fingerprint density at radius 1 is 1.33 bits per heavy atom. The first-order chi connectivity index (χ1) is 7.24. The molecule has 0 bridgehead atoms. The second-order valence-electron chi connectivity index (χ2n) is 4.53. The Morgan fingerprint density at radius 3 is 2.67 bits per heavy atom. The molecule has 5 heteroatoms. The molecule has 0 saturated heterocycles. The SMILES string of the molecule is CC1CCC(NCc2nnn(C)n2)CC1. The largest absolute Gasteiger partial charge is 0.307 e. The summed E-state index contributed by atoms with van der Waals surface area (Å²) in [6.45, 7) is 3.08. The second kappa shape index (κ2) is 4.70. The molecule has 5 nitrogen and oxygen atoms in total. The van der Waals surface area contributed by atoms with Gasteiger partial charge in [0, 0.05) is 6.04 Å². The van der Waals surface area contributed by atoms with Crippen molar-refractivity contribution in [3.8, 4) is 0 Å². The number of aryl methyl sites for hydroxylation is 1. The van der Waals surface area contributed by atoms with Gasteiger partial charge < -0.3 is 5.32 Å². The molecule has 1 fully saturated rings. The third-order valence-electron chi connectivity index (χ3n) is 3.11. The molecule has 1 aliphatic rings. The fourth-order valence-corrected chi connectivity index (χ4v) is 2.09. The van der Waals surface area contributed by atoms with Crippen molar-refractivity contribution in [3.63, 3.8) is 0 Å². The molecule has 1 heterocycles. The number of nitrogens with zero attached hydrogens (tertiary/aromatic N) is 4. The van der Waals surface area contributed by atoms with E-state index in [1.807, 2.05) is 0 Å². The molecule has 0 unspecified atom stereocenters. The summed E-state index contributed by atoms with van der Waals surface area (Å²) in [7, 11) is 1.79. The fraction of sp³-hybridized carbons (Fsp3) is 0.900. The van der Waals surface area contributed by atoms with Crippen LogP contribution in [-0.2, 0) is 13.6 Å². The topological polar surface area (TPSA) is 55.6 Å². The van der Waals surface area contributed by atoms with Crippen molar-refractivity contribution < 1.29 is 0 Å². The maximum atomic E-state index is 4.14. The van der Waals surface area contributed by atoms with Crippen molar-refractivity contribution in [3.05, 3.63) is 5.82 Å². The molecule has 2 rings (SSSR count). The fourth-order valence-electron chi connectivity index (χ4n) is 2.09. The molecule has 1 saturated carbocycles. The molecular weight excluding hydrogens is 190 g/mol. The van der Waals surface area contributed by atoms with E-state index in [0.717, 1.165) is 18.3 Å². The summed E-state index contributed by atoms with van der Waals surface area (Å²) < 4.78 is 0. The quantitative estimate of drug-likeness (QED) is 0.803. The highest BCUT2D eigenvalue weighted by Crippen LogP contribution is 2.23. The first-order valence-corrected chi connectivity index (χ1v) is 5.70. The number of hydrogen-bond acceptors (Lipinski definition) is 4. The summed E-state index contributed by atoms with van der Waals surface area (Å²) in [5.74, 6) is 1.69. The van der Waals surface area contributed by atoms with E-state index >= 15 is 0 Å². The van der Waals surface area contributed by atoms with Gasteiger partial charge in [0.1, 0.15) is 0 Å². The summed E-state index contributed by atoms with van der Waals surface area (Å²) in [4.78, 5) is 1.50. The lowest BCUT2D eigenvalue weighted by Crippen LogP contribution is -2.32. The highest BCUT2D eigenvalue weighted by atomic mass is 15.6. The van der Waals surface area contributed by atoms with Crippen molar-refractivity contribution in [1.82, 2.24) is 25.5 Å². The van der Waals surface area contributed by atoms with Gasteiger partial charge in [0.05, 0.1) is 13.6 Å². The molecule has 0 spiro atoms. The van der Waals surface area contributed by atoms with Crippen LogP contribution in [0.4, 0.5) is 0 Å². The molecule has 0 aromatic carbocycles. The number of rotatable bonds is 3. The van der Waals surface area contributed by atoms with Crippen molar-refractivity contribution in [1.29, 1.82) is 0 Å². The van der Waals surface area contributed by atoms with Gasteiger partial charge in [-0.1, -0.05) is 6.92 Å². The molecule has 0 radical (unpaired) electrons. The lowest BCUT2D eigenvalue weighted by atomic mass is 9.87. The normalized spacial score (nSPS) is 26.8. The molecule has 1 N–H and O–H groups in total. The summed E-state index contributed by atoms with van der Waals surface area (Å²) in [5, 5.41) is 15.4. The van der Waals surface area contributed by atoms with Crippen LogP contribution in [0.1, 0.15) is 38.4 Å². The van der Waals surface area contributed by atoms with Gasteiger partial charge in [-0.25, -0.2) is 0 Å². The minimum Gasteiger partial charge on any atom is -0.307 e. The van der Waals surface area contributed by atoms with Gasteiger partial charge in [-0.3, -0.25) is 0 Å². The van der Waals surface area contributed by atoms with Crippen LogP contribution in [-0.4, -0.2) is 26.2 Å². The molecule has 84 valence electrons. The maximum absolute atomic E-state index is 4.14. The third-order valence-corrected chi connectivity index (χ3v) is 3.11. The van der Waals surface area contributed by atoms with Crippen LogP contribution in [0.3, 0.4) is 0 Å². The predicted molar refractivity (Wildman–Crippen MR) is 57.1 cm³/mol. The van der Waals surface area contributed by atoms with Crippen LogP contribution in [0.15, 0.2) is 0 Å². The van der Waals surface area contributed by atoms with Gasteiger partial charge in [0.15, 0.2) is 5.82 Å². The van der Waals surface area contributed by atoms with Crippen molar-refractivity contribution in [2.75, 3.05) is 0 Å². The zero-order chi connectivity index (χ0) is 10.7. The van der Waals surface area contributed by atoms with E-state index in [0.29, 0.717) is 6.04 Å². The first kappa shape index (κ1) is 10.5. The maximum Gasteiger partial charge on any atom is 0.188 e. The Balaban J connectivity index is 1.74. The molecule has 0 aliphatic heterocycles. The molecular formula is C10H19N5. The van der Waals surface area contributed by atoms with Crippen LogP contribution in [0.5, 0.6) is 0 Å². The number of tetrazole rings is 1. The summed E-state index contributed by atoms with van der Waals surface area (Å²) >= 11 is 0. The van der Waals surface area contributed by atoms with Gasteiger partial charge in [-0.2, -0.15) is 4.80 Å². The Kier molecular flexibility index (Phi) is 3.30. The van der Waals surface area contributed by atoms with Gasteiger partial charge in [-0.15, -0.1) is 10.2 Å². The minimum absolute atomic E-state index is 0.644. The van der Waals surface area contributed by atoms with E-state index in [1.165, 1.54) is 30.5 Å². The van der Waals surface area contributed by atoms with Gasteiger partial charge >= 0.3 is 0 Å². The van der Waals surface area contributed by atoms with Gasteiger partial charge in [0.25, 0.3) is 0 Å². The summed E-state index contributed by atoms with van der Waals surface area (Å²) in [5.41, 5.74) is 0. The Labute approximate surface area is 90.2 Å². The lowest BCUT2D eigenvalue weighted by Gasteiger charge is -2.26. The van der Waals surface area contributed by atoms with Gasteiger partial charge in [0.2, 0.25) is 0 Å². The molecule has 1 aromatic heterocycles. The monoisotopic (exact) mass is 209 g/mol. The lowest BCUT2D eigenvalue weighted by molar-refractivity contribution is 0.305. The smallest absolute Gasteiger partial charge is 0.188 e. The van der Waals surface area contributed by atoms with Gasteiger partial charge in [-0.05, 0) is 36.8 Å². The second-order valence-corrected chi connectivity index (χ2v) is 4.53. The number of nitrogens with one attached hydrogen (secondary N) is 1. The van der Waals surface area contributed by atoms with Crippen LogP contribution in [0.2, 0.25) is 0 Å². The zero-order valence-corrected chi connectivity index (χ0v) is 9.48. The molecule has 0 atom stereocenters. The van der Waals surface area contributed by atoms with Crippen LogP contribution in [0.25, 0.3) is 0 Å². The number of aromatic nitrogens is 4. The van der Waals surface area contributed by atoms with Crippen molar-refractivity contribution in [2.45, 2.75) is 45.2 Å². The Morgan fingerprint density at radius 2 is 2.07 bits per heavy atom. The van der Waals surface area contributed by atoms with E-state index in [1.54, 1.807) is 7.05 Å². The van der Waals surface area contributed by atoms with E-state index in [2.05, 4.69) is 27.7 Å². The van der Waals surface area contributed by atoms with Crippen LogP contribution in [0, 0.1) is 5.92 Å². The van der Waals surface area contributed by atoms with E-state index < -0.39 is 0 Å². The van der Waals surface area contributed by atoms with E-state index in [4.69, 9.17) is 0 Å². The Bertz CT molecular complexity index is 301. The Hall–Kier alpha value is -0.970. The highest BCUT2D eigenvalue weighted by Gasteiger charge is 2.17. The molecule has 1 aliphatic carbocycles. The average molecular weight is 209 g/mol. The summed E-state index contributed by atoms with van der Waals surface area (Å²) in [6, 6.07) is 0.644.